The van der Waals surface area contributed by atoms with Crippen LogP contribution in [0.2, 0.25) is 5.02 Å². The van der Waals surface area contributed by atoms with Crippen molar-refractivity contribution in [2.24, 2.45) is 5.41 Å². The molecule has 0 atom stereocenters. The maximum atomic E-state index is 13.5. The van der Waals surface area contributed by atoms with Gasteiger partial charge in [0.2, 0.25) is 15.8 Å². The zero-order valence-corrected chi connectivity index (χ0v) is 21.8. The maximum absolute atomic E-state index is 13.5. The van der Waals surface area contributed by atoms with E-state index in [0.29, 0.717) is 42.3 Å². The van der Waals surface area contributed by atoms with Crippen LogP contribution in [-0.2, 0) is 15.8 Å². The number of rotatable bonds is 9. The van der Waals surface area contributed by atoms with Crippen LogP contribution in [0, 0.1) is 5.41 Å². The van der Waals surface area contributed by atoms with Gasteiger partial charge in [0, 0.05) is 36.6 Å². The number of sulfonamides is 1. The molecular formula is C26H28ClFN4O4S. The normalized spacial score (nSPS) is 17.5. The smallest absolute Gasteiger partial charge is 0.316 e. The minimum absolute atomic E-state index is 0.0647. The largest absolute Gasteiger partial charge is 0.486 e. The molecule has 0 unspecified atom stereocenters. The van der Waals surface area contributed by atoms with Gasteiger partial charge in [-0.3, -0.25) is 9.18 Å². The van der Waals surface area contributed by atoms with Crippen molar-refractivity contribution < 1.29 is 17.5 Å². The van der Waals surface area contributed by atoms with Crippen molar-refractivity contribution >= 4 is 27.3 Å². The molecule has 1 aliphatic heterocycles. The van der Waals surface area contributed by atoms with Crippen LogP contribution >= 0.6 is 11.6 Å². The second-order valence-corrected chi connectivity index (χ2v) is 12.0. The summed E-state index contributed by atoms with van der Waals surface area (Å²) in [7, 11) is -3.49. The number of benzene rings is 2. The van der Waals surface area contributed by atoms with Gasteiger partial charge < -0.3 is 9.64 Å². The summed E-state index contributed by atoms with van der Waals surface area (Å²) >= 11 is 6.11. The van der Waals surface area contributed by atoms with E-state index in [4.69, 9.17) is 16.3 Å². The van der Waals surface area contributed by atoms with Gasteiger partial charge in [-0.25, -0.2) is 8.42 Å². The van der Waals surface area contributed by atoms with Crippen LogP contribution in [0.25, 0.3) is 5.69 Å². The molecule has 0 radical (unpaired) electrons. The Morgan fingerprint density at radius 2 is 1.76 bits per heavy atom. The van der Waals surface area contributed by atoms with Crippen LogP contribution in [-0.4, -0.2) is 62.0 Å². The maximum Gasteiger partial charge on any atom is 0.316 e. The van der Waals surface area contributed by atoms with Crippen molar-refractivity contribution in [2.45, 2.75) is 18.6 Å². The van der Waals surface area contributed by atoms with E-state index in [1.165, 1.54) is 8.99 Å². The highest BCUT2D eigenvalue weighted by atomic mass is 35.5. The quantitative estimate of drug-likeness (QED) is 0.407. The van der Waals surface area contributed by atoms with Gasteiger partial charge in [-0.1, -0.05) is 48.0 Å². The number of hydrogen-bond donors (Lipinski definition) is 0. The minimum atomic E-state index is -3.49. The van der Waals surface area contributed by atoms with Gasteiger partial charge in [0.25, 0.3) is 0 Å². The summed E-state index contributed by atoms with van der Waals surface area (Å²) < 4.78 is 48.1. The molecule has 1 aliphatic carbocycles. The Balaban J connectivity index is 1.38. The average molecular weight is 547 g/mol. The van der Waals surface area contributed by atoms with E-state index in [1.807, 2.05) is 23.1 Å². The molecule has 1 saturated heterocycles. The second-order valence-electron chi connectivity index (χ2n) is 9.61. The molecule has 8 nitrogen and oxygen atoms in total. The van der Waals surface area contributed by atoms with Crippen LogP contribution in [0.3, 0.4) is 0 Å². The Labute approximate surface area is 220 Å². The summed E-state index contributed by atoms with van der Waals surface area (Å²) in [6.45, 7) is 0.841. The molecule has 0 N–H and O–H groups in total. The third kappa shape index (κ3) is 5.66. The van der Waals surface area contributed by atoms with Crippen LogP contribution in [0.4, 0.5) is 10.1 Å². The predicted octanol–water partition coefficient (Wildman–Crippen LogP) is 3.67. The number of ether oxygens (including phenoxy) is 1. The first-order chi connectivity index (χ1) is 17.8. The fourth-order valence-electron chi connectivity index (χ4n) is 4.38. The fraction of sp³-hybridized carbons (Fsp3) is 0.385. The highest BCUT2D eigenvalue weighted by Gasteiger charge is 2.44. The summed E-state index contributed by atoms with van der Waals surface area (Å²) in [4.78, 5) is 15.4. The predicted molar refractivity (Wildman–Crippen MR) is 141 cm³/mol. The van der Waals surface area contributed by atoms with Gasteiger partial charge in [0.05, 0.1) is 30.9 Å². The fourth-order valence-corrected chi connectivity index (χ4v) is 6.08. The Hall–Kier alpha value is -2.95. The molecule has 11 heteroatoms. The van der Waals surface area contributed by atoms with E-state index >= 15 is 0 Å². The first-order valence-corrected chi connectivity index (χ1v) is 14.1. The lowest BCUT2D eigenvalue weighted by Crippen LogP contribution is -2.49. The van der Waals surface area contributed by atoms with Gasteiger partial charge in [-0.05, 0) is 36.6 Å². The lowest BCUT2D eigenvalue weighted by atomic mass is 10.1. The molecule has 196 valence electrons. The molecule has 2 aromatic carbocycles. The number of alkyl halides is 1. The van der Waals surface area contributed by atoms with Gasteiger partial charge in [0.15, 0.2) is 0 Å². The van der Waals surface area contributed by atoms with Crippen molar-refractivity contribution in [3.8, 4) is 11.4 Å². The zero-order chi connectivity index (χ0) is 26.0. The molecule has 5 rings (SSSR count). The molecule has 3 aromatic rings. The molecule has 1 aromatic heterocycles. The molecular weight excluding hydrogens is 519 g/mol. The monoisotopic (exact) mass is 546 g/mol. The summed E-state index contributed by atoms with van der Waals surface area (Å²) in [5.41, 5.74) is 0.665. The first-order valence-electron chi connectivity index (χ1n) is 12.1. The Kier molecular flexibility index (Phi) is 7.24. The third-order valence-electron chi connectivity index (χ3n) is 6.90. The first kappa shape index (κ1) is 25.7. The van der Waals surface area contributed by atoms with Crippen molar-refractivity contribution in [3.63, 3.8) is 0 Å². The van der Waals surface area contributed by atoms with Crippen molar-refractivity contribution in [3.05, 3.63) is 81.7 Å². The van der Waals surface area contributed by atoms with Crippen molar-refractivity contribution in [1.82, 2.24) is 14.1 Å². The number of halogens is 2. The lowest BCUT2D eigenvalue weighted by molar-refractivity contribution is 0.197. The van der Waals surface area contributed by atoms with Crippen molar-refractivity contribution in [1.29, 1.82) is 0 Å². The van der Waals surface area contributed by atoms with Crippen LogP contribution in [0.1, 0.15) is 18.4 Å². The van der Waals surface area contributed by atoms with Crippen LogP contribution < -0.4 is 15.2 Å². The van der Waals surface area contributed by atoms with E-state index in [9.17, 15) is 17.6 Å². The summed E-state index contributed by atoms with van der Waals surface area (Å²) in [6.07, 6.45) is 2.97. The number of aromatic nitrogens is 2. The SMILES string of the molecule is O=c1c(OCC2(CF)CC2)c(N2CCN(S(=O)(=O)Cc3ccccc3)CC2)cnn1-c1cccc(Cl)c1. The van der Waals surface area contributed by atoms with E-state index in [2.05, 4.69) is 5.10 Å². The molecule has 37 heavy (non-hydrogen) atoms. The Morgan fingerprint density at radius 3 is 2.41 bits per heavy atom. The Bertz CT molecular complexity index is 1420. The second kappa shape index (κ2) is 10.4. The highest BCUT2D eigenvalue weighted by Crippen LogP contribution is 2.46. The number of hydrogen-bond acceptors (Lipinski definition) is 6. The van der Waals surface area contributed by atoms with Gasteiger partial charge in [-0.15, -0.1) is 0 Å². The lowest BCUT2D eigenvalue weighted by Gasteiger charge is -2.35. The van der Waals surface area contributed by atoms with E-state index < -0.39 is 27.7 Å². The molecule has 0 spiro atoms. The van der Waals surface area contributed by atoms with Gasteiger partial charge >= 0.3 is 5.56 Å². The van der Waals surface area contributed by atoms with Crippen LogP contribution in [0.5, 0.6) is 5.75 Å². The third-order valence-corrected chi connectivity index (χ3v) is 8.98. The highest BCUT2D eigenvalue weighted by molar-refractivity contribution is 7.88. The average Bonchev–Trinajstić information content (AvgIpc) is 3.69. The molecule has 2 fully saturated rings. The topological polar surface area (TPSA) is 84.7 Å². The standard InChI is InChI=1S/C26H28ClFN4O4S/c27-21-7-4-8-22(15-21)32-25(33)24(36-19-26(18-28)9-10-26)23(16-29-32)30-11-13-31(14-12-30)37(34,35)17-20-5-2-1-3-6-20/h1-8,15-16H,9-14,17-19H2. The zero-order valence-electron chi connectivity index (χ0n) is 20.2. The summed E-state index contributed by atoms with van der Waals surface area (Å²) in [5.74, 6) is 0.0142. The number of nitrogens with zero attached hydrogens (tertiary/aromatic N) is 4. The van der Waals surface area contributed by atoms with Crippen LogP contribution in [0.15, 0.2) is 65.6 Å². The van der Waals surface area contributed by atoms with E-state index in [-0.39, 0.29) is 31.2 Å². The number of piperazine rings is 1. The van der Waals surface area contributed by atoms with Gasteiger partial charge in [0.1, 0.15) is 5.69 Å². The van der Waals surface area contributed by atoms with E-state index in [0.717, 1.165) is 5.56 Å². The minimum Gasteiger partial charge on any atom is -0.486 e. The van der Waals surface area contributed by atoms with Gasteiger partial charge in [-0.2, -0.15) is 14.1 Å². The van der Waals surface area contributed by atoms with E-state index in [1.54, 1.807) is 42.6 Å². The Morgan fingerprint density at radius 1 is 1.03 bits per heavy atom. The summed E-state index contributed by atoms with van der Waals surface area (Å²) in [5, 5.41) is 4.81. The molecule has 0 amide bonds. The molecule has 2 aliphatic rings. The molecule has 1 saturated carbocycles. The molecule has 0 bridgehead atoms. The van der Waals surface area contributed by atoms with Crippen molar-refractivity contribution in [2.75, 3.05) is 44.4 Å². The molecule has 2 heterocycles. The summed E-state index contributed by atoms with van der Waals surface area (Å²) in [6, 6.07) is 15.8. The number of anilines is 1.